The van der Waals surface area contributed by atoms with Crippen LogP contribution in [0, 0.1) is 33.5 Å². The van der Waals surface area contributed by atoms with E-state index in [0.29, 0.717) is 12.8 Å². The fourth-order valence-corrected chi connectivity index (χ4v) is 8.93. The van der Waals surface area contributed by atoms with E-state index in [2.05, 4.69) is 6.92 Å². The molecule has 7 nitrogen and oxygen atoms in total. The minimum atomic E-state index is -1.02. The van der Waals surface area contributed by atoms with Crippen molar-refractivity contribution in [2.75, 3.05) is 0 Å². The number of carbonyl (C=O) groups is 3. The van der Waals surface area contributed by atoms with Gasteiger partial charge in [0.2, 0.25) is 0 Å². The van der Waals surface area contributed by atoms with Crippen molar-refractivity contribution >= 4 is 17.5 Å². The van der Waals surface area contributed by atoms with Gasteiger partial charge in [-0.2, -0.15) is 0 Å². The van der Waals surface area contributed by atoms with E-state index in [1.807, 2.05) is 27.7 Å². The number of ketones is 2. The Hall–Kier alpha value is -1.99. The highest BCUT2D eigenvalue weighted by molar-refractivity contribution is 5.97. The van der Waals surface area contributed by atoms with Gasteiger partial charge in [-0.15, -0.1) is 0 Å². The van der Waals surface area contributed by atoms with E-state index in [9.17, 15) is 19.5 Å². The van der Waals surface area contributed by atoms with Crippen molar-refractivity contribution in [2.45, 2.75) is 84.2 Å². The summed E-state index contributed by atoms with van der Waals surface area (Å²) in [4.78, 5) is 40.8. The second kappa shape index (κ2) is 5.98. The molecule has 5 fully saturated rings. The van der Waals surface area contributed by atoms with Crippen molar-refractivity contribution in [1.82, 2.24) is 0 Å². The van der Waals surface area contributed by atoms with Gasteiger partial charge in [0.25, 0.3) is 0 Å². The smallest absolute Gasteiger partial charge is 0.339 e. The summed E-state index contributed by atoms with van der Waals surface area (Å²) in [5.74, 6) is -0.940. The molecule has 178 valence electrons. The number of epoxide rings is 1. The van der Waals surface area contributed by atoms with Crippen LogP contribution in [0.4, 0.5) is 0 Å². The van der Waals surface area contributed by atoms with Gasteiger partial charge in [0.15, 0.2) is 6.10 Å². The van der Waals surface area contributed by atoms with Gasteiger partial charge in [-0.3, -0.25) is 9.59 Å². The van der Waals surface area contributed by atoms with Gasteiger partial charge < -0.3 is 19.0 Å². The van der Waals surface area contributed by atoms with Gasteiger partial charge in [-0.05, 0) is 43.1 Å². The minimum absolute atomic E-state index is 0.0185. The Labute approximate surface area is 193 Å². The van der Waals surface area contributed by atoms with Crippen molar-refractivity contribution in [3.8, 4) is 0 Å². The zero-order chi connectivity index (χ0) is 23.8. The lowest BCUT2D eigenvalue weighted by Crippen LogP contribution is -2.73. The Bertz CT molecular complexity index is 1070. The van der Waals surface area contributed by atoms with Crippen molar-refractivity contribution in [1.29, 1.82) is 0 Å². The summed E-state index contributed by atoms with van der Waals surface area (Å²) in [6.07, 6.45) is 2.56. The highest BCUT2D eigenvalue weighted by Gasteiger charge is 2.88. The lowest BCUT2D eigenvalue weighted by atomic mass is 9.35. The number of furan rings is 1. The highest BCUT2D eigenvalue weighted by Crippen LogP contribution is 2.78. The molecule has 33 heavy (non-hydrogen) atoms. The molecule has 1 aromatic rings. The Balaban J connectivity index is 1.53. The Morgan fingerprint density at radius 2 is 1.70 bits per heavy atom. The third-order valence-electron chi connectivity index (χ3n) is 10.9. The number of hydrogen-bond acceptors (Lipinski definition) is 7. The lowest BCUT2D eigenvalue weighted by Gasteiger charge is -2.67. The van der Waals surface area contributed by atoms with Crippen LogP contribution in [0.15, 0.2) is 23.0 Å². The summed E-state index contributed by atoms with van der Waals surface area (Å²) >= 11 is 0. The average molecular weight is 457 g/mol. The first-order valence-electron chi connectivity index (χ1n) is 12.0. The largest absolute Gasteiger partial charge is 0.472 e. The third-order valence-corrected chi connectivity index (χ3v) is 10.9. The number of aliphatic hydroxyl groups is 1. The number of ether oxygens (including phenoxy) is 2. The van der Waals surface area contributed by atoms with Gasteiger partial charge in [0.1, 0.15) is 23.3 Å². The van der Waals surface area contributed by atoms with Crippen molar-refractivity contribution in [2.24, 2.45) is 33.5 Å². The van der Waals surface area contributed by atoms with Gasteiger partial charge in [-0.1, -0.05) is 27.7 Å². The maximum absolute atomic E-state index is 14.1. The normalized spacial score (nSPS) is 52.2. The minimum Gasteiger partial charge on any atom is -0.472 e. The van der Waals surface area contributed by atoms with Crippen LogP contribution in [0.2, 0.25) is 0 Å². The molecular formula is C26H32O7. The zero-order valence-corrected chi connectivity index (χ0v) is 19.8. The first-order valence-corrected chi connectivity index (χ1v) is 12.0. The molecule has 0 radical (unpaired) electrons. The molecule has 0 aromatic carbocycles. The van der Waals surface area contributed by atoms with Crippen LogP contribution < -0.4 is 0 Å². The summed E-state index contributed by atoms with van der Waals surface area (Å²) < 4.78 is 17.5. The molecule has 3 aliphatic carbocycles. The third kappa shape index (κ3) is 2.10. The Morgan fingerprint density at radius 1 is 0.970 bits per heavy atom. The quantitative estimate of drug-likeness (QED) is 0.510. The van der Waals surface area contributed by atoms with E-state index in [1.54, 1.807) is 18.6 Å². The van der Waals surface area contributed by atoms with Crippen LogP contribution in [0.25, 0.3) is 0 Å². The number of esters is 1. The number of rotatable bonds is 1. The number of Topliss-reactive ketones (excluding diaryl/α,β-unsaturated/α-hetero) is 2. The number of aliphatic hydroxyl groups excluding tert-OH is 1. The molecule has 1 aromatic heterocycles. The monoisotopic (exact) mass is 456 g/mol. The lowest BCUT2D eigenvalue weighted by molar-refractivity contribution is -0.225. The van der Waals surface area contributed by atoms with Crippen LogP contribution >= 0.6 is 0 Å². The highest BCUT2D eigenvalue weighted by atomic mass is 16.7. The van der Waals surface area contributed by atoms with Crippen molar-refractivity contribution in [3.05, 3.63) is 24.2 Å². The van der Waals surface area contributed by atoms with E-state index in [0.717, 1.165) is 5.56 Å². The Kier molecular flexibility index (Phi) is 3.90. The molecular weight excluding hydrogens is 424 g/mol. The molecule has 9 atom stereocenters. The van der Waals surface area contributed by atoms with Crippen LogP contribution in [0.3, 0.4) is 0 Å². The van der Waals surface area contributed by atoms with Crippen molar-refractivity contribution < 1.29 is 33.4 Å². The van der Waals surface area contributed by atoms with E-state index < -0.39 is 51.5 Å². The van der Waals surface area contributed by atoms with E-state index >= 15 is 0 Å². The summed E-state index contributed by atoms with van der Waals surface area (Å²) in [6, 6.07) is 1.79. The van der Waals surface area contributed by atoms with E-state index in [1.165, 1.54) is 0 Å². The van der Waals surface area contributed by atoms with Gasteiger partial charge >= 0.3 is 5.97 Å². The maximum atomic E-state index is 14.1. The summed E-state index contributed by atoms with van der Waals surface area (Å²) in [6.45, 7) is 9.91. The fourth-order valence-electron chi connectivity index (χ4n) is 8.93. The first-order chi connectivity index (χ1) is 15.4. The van der Waals surface area contributed by atoms with Crippen LogP contribution in [0.5, 0.6) is 0 Å². The maximum Gasteiger partial charge on any atom is 0.339 e. The predicted molar refractivity (Wildman–Crippen MR) is 115 cm³/mol. The standard InChI is InChI=1S/C26H32O7/c1-22(2)15-10-18(29)25(5)14(24(15,4)17(28)11-16(22)27)6-8-23(3)19(13-7-9-31-12-13)32-21(30)20-26(23,25)33-20/h7,9,12,14-16,19-20,27H,6,8,10-11H2,1-5H3/t14-,15+,16-,19+,20-,23+,24+,25+,26+/m1/s1. The van der Waals surface area contributed by atoms with E-state index in [4.69, 9.17) is 13.9 Å². The molecule has 1 spiro atoms. The predicted octanol–water partition coefficient (Wildman–Crippen LogP) is 3.39. The fraction of sp³-hybridized carbons (Fsp3) is 0.731. The summed E-state index contributed by atoms with van der Waals surface area (Å²) in [5, 5.41) is 10.7. The molecule has 3 heterocycles. The summed E-state index contributed by atoms with van der Waals surface area (Å²) in [7, 11) is 0. The molecule has 0 amide bonds. The molecule has 0 unspecified atom stereocenters. The Morgan fingerprint density at radius 3 is 2.36 bits per heavy atom. The second-order valence-corrected chi connectivity index (χ2v) is 12.2. The molecule has 2 aliphatic heterocycles. The van der Waals surface area contributed by atoms with Crippen LogP contribution in [-0.2, 0) is 23.9 Å². The zero-order valence-electron chi connectivity index (χ0n) is 19.8. The number of carbonyl (C=O) groups excluding carboxylic acids is 3. The van der Waals surface area contributed by atoms with E-state index in [-0.39, 0.29) is 36.2 Å². The molecule has 1 N–H and O–H groups in total. The first kappa shape index (κ1) is 21.5. The summed E-state index contributed by atoms with van der Waals surface area (Å²) in [5.41, 5.74) is -3.24. The molecule has 5 aliphatic rings. The molecule has 0 bridgehead atoms. The van der Waals surface area contributed by atoms with Crippen molar-refractivity contribution in [3.63, 3.8) is 0 Å². The number of cyclic esters (lactones) is 1. The topological polar surface area (TPSA) is 106 Å². The average Bonchev–Trinajstić information content (AvgIpc) is 3.32. The van der Waals surface area contributed by atoms with Gasteiger partial charge in [-0.25, -0.2) is 4.79 Å². The second-order valence-electron chi connectivity index (χ2n) is 12.2. The molecule has 3 saturated carbocycles. The van der Waals surface area contributed by atoms with Crippen LogP contribution in [-0.4, -0.2) is 40.5 Å². The number of hydrogen-bond donors (Lipinski definition) is 1. The number of fused-ring (bicyclic) bond motifs is 3. The molecule has 2 saturated heterocycles. The SMILES string of the molecule is CC1(C)[C@H](O)CC(=O)[C@@]2(C)[C@H]3CC[C@@]4(C)[C@H](c5ccoc5)OC(=O)[C@H]5O[C@@]54[C@]3(C)C(=O)C[C@@H]12. The molecule has 7 heteroatoms. The van der Waals surface area contributed by atoms with Gasteiger partial charge in [0, 0.05) is 29.2 Å². The van der Waals surface area contributed by atoms with Crippen LogP contribution in [0.1, 0.15) is 72.0 Å². The van der Waals surface area contributed by atoms with Gasteiger partial charge in [0.05, 0.1) is 24.0 Å². The molecule has 6 rings (SSSR count).